The Bertz CT molecular complexity index is 404. The number of methoxy groups -OCH3 is 2. The van der Waals surface area contributed by atoms with Crippen molar-refractivity contribution >= 4 is 0 Å². The third-order valence-electron chi connectivity index (χ3n) is 3.39. The summed E-state index contributed by atoms with van der Waals surface area (Å²) >= 11 is 0. The molecule has 0 saturated heterocycles. The van der Waals surface area contributed by atoms with Crippen LogP contribution in [0.1, 0.15) is 44.2 Å². The molecule has 3 nitrogen and oxygen atoms in total. The Labute approximate surface area is 123 Å². The van der Waals surface area contributed by atoms with Crippen molar-refractivity contribution in [3.63, 3.8) is 0 Å². The molecule has 0 aliphatic heterocycles. The minimum atomic E-state index is 0.217. The molecular weight excluding hydrogens is 250 g/mol. The van der Waals surface area contributed by atoms with Crippen LogP contribution in [0.5, 0.6) is 11.5 Å². The van der Waals surface area contributed by atoms with Gasteiger partial charge in [-0.05, 0) is 37.6 Å². The van der Waals surface area contributed by atoms with Gasteiger partial charge in [0, 0.05) is 11.6 Å². The third kappa shape index (κ3) is 4.89. The van der Waals surface area contributed by atoms with Gasteiger partial charge in [-0.3, -0.25) is 0 Å². The second kappa shape index (κ2) is 9.43. The van der Waals surface area contributed by atoms with Crippen LogP contribution in [0.3, 0.4) is 0 Å². The molecule has 1 aromatic rings. The van der Waals surface area contributed by atoms with E-state index < -0.39 is 0 Å². The van der Waals surface area contributed by atoms with Gasteiger partial charge in [0.25, 0.3) is 0 Å². The maximum atomic E-state index is 5.47. The van der Waals surface area contributed by atoms with Crippen LogP contribution in [0.4, 0.5) is 0 Å². The molecule has 112 valence electrons. The molecule has 0 fully saturated rings. The molecule has 0 radical (unpaired) electrons. The van der Waals surface area contributed by atoms with Crippen molar-refractivity contribution in [2.24, 2.45) is 0 Å². The largest absolute Gasteiger partial charge is 0.497 e. The molecule has 0 aliphatic rings. The molecule has 0 bridgehead atoms. The van der Waals surface area contributed by atoms with E-state index in [4.69, 9.17) is 9.47 Å². The van der Waals surface area contributed by atoms with E-state index >= 15 is 0 Å². The molecule has 0 spiro atoms. The summed E-state index contributed by atoms with van der Waals surface area (Å²) in [5, 5.41) is 3.59. The van der Waals surface area contributed by atoms with Crippen LogP contribution >= 0.6 is 0 Å². The molecule has 0 saturated carbocycles. The lowest BCUT2D eigenvalue weighted by Crippen LogP contribution is -2.22. The highest BCUT2D eigenvalue weighted by atomic mass is 16.5. The summed E-state index contributed by atoms with van der Waals surface area (Å²) in [6.45, 7) is 7.08. The van der Waals surface area contributed by atoms with Crippen LogP contribution in [-0.4, -0.2) is 20.8 Å². The summed E-state index contributed by atoms with van der Waals surface area (Å²) in [6.07, 6.45) is 6.49. The second-order valence-corrected chi connectivity index (χ2v) is 4.85. The van der Waals surface area contributed by atoms with E-state index in [0.717, 1.165) is 30.0 Å². The Morgan fingerprint density at radius 3 is 2.65 bits per heavy atom. The van der Waals surface area contributed by atoms with Crippen LogP contribution in [-0.2, 0) is 0 Å². The van der Waals surface area contributed by atoms with E-state index in [0.29, 0.717) is 0 Å². The minimum Gasteiger partial charge on any atom is -0.497 e. The molecular formula is C17H27NO2. The highest BCUT2D eigenvalue weighted by Crippen LogP contribution is 2.31. The van der Waals surface area contributed by atoms with Gasteiger partial charge in [0.2, 0.25) is 0 Å². The van der Waals surface area contributed by atoms with Gasteiger partial charge in [0.05, 0.1) is 14.2 Å². The first-order valence-corrected chi connectivity index (χ1v) is 7.33. The minimum absolute atomic E-state index is 0.217. The van der Waals surface area contributed by atoms with Crippen LogP contribution in [0.25, 0.3) is 0 Å². The summed E-state index contributed by atoms with van der Waals surface area (Å²) in [5.74, 6) is 1.74. The summed E-state index contributed by atoms with van der Waals surface area (Å²) in [5.41, 5.74) is 1.13. The fraction of sp³-hybridized carbons (Fsp3) is 0.529. The van der Waals surface area contributed by atoms with Gasteiger partial charge in [-0.25, -0.2) is 0 Å². The fourth-order valence-corrected chi connectivity index (χ4v) is 2.25. The molecule has 1 rings (SSSR count). The number of ether oxygens (including phenoxy) is 2. The van der Waals surface area contributed by atoms with Crippen LogP contribution < -0.4 is 14.8 Å². The number of unbranched alkanes of at least 4 members (excludes halogenated alkanes) is 2. The Balaban J connectivity index is 2.85. The van der Waals surface area contributed by atoms with Gasteiger partial charge < -0.3 is 14.8 Å². The van der Waals surface area contributed by atoms with Crippen LogP contribution in [0.2, 0.25) is 0 Å². The van der Waals surface area contributed by atoms with Gasteiger partial charge in [-0.1, -0.05) is 25.8 Å². The fourth-order valence-electron chi connectivity index (χ4n) is 2.25. The third-order valence-corrected chi connectivity index (χ3v) is 3.39. The van der Waals surface area contributed by atoms with Crippen LogP contribution in [0, 0.1) is 0 Å². The van der Waals surface area contributed by atoms with Crippen molar-refractivity contribution in [2.45, 2.75) is 38.6 Å². The molecule has 1 unspecified atom stereocenters. The van der Waals surface area contributed by atoms with Gasteiger partial charge in [0.1, 0.15) is 11.5 Å². The lowest BCUT2D eigenvalue weighted by molar-refractivity contribution is 0.388. The zero-order chi connectivity index (χ0) is 14.8. The first kappa shape index (κ1) is 16.6. The summed E-state index contributed by atoms with van der Waals surface area (Å²) < 4.78 is 10.8. The molecule has 1 aromatic carbocycles. The number of rotatable bonds is 10. The quantitative estimate of drug-likeness (QED) is 0.516. The maximum absolute atomic E-state index is 5.47. The average molecular weight is 277 g/mol. The summed E-state index contributed by atoms with van der Waals surface area (Å²) in [6, 6.07) is 6.14. The number of nitrogens with one attached hydrogen (secondary N) is 1. The summed E-state index contributed by atoms with van der Waals surface area (Å²) in [4.78, 5) is 0. The van der Waals surface area contributed by atoms with Crippen molar-refractivity contribution in [3.05, 3.63) is 36.4 Å². The topological polar surface area (TPSA) is 30.5 Å². The van der Waals surface area contributed by atoms with Gasteiger partial charge in [-0.2, -0.15) is 0 Å². The molecule has 1 N–H and O–H groups in total. The van der Waals surface area contributed by atoms with Gasteiger partial charge in [0.15, 0.2) is 0 Å². The Morgan fingerprint density at radius 1 is 1.25 bits per heavy atom. The number of hydrogen-bond donors (Lipinski definition) is 1. The van der Waals surface area contributed by atoms with E-state index in [1.165, 1.54) is 19.3 Å². The lowest BCUT2D eigenvalue weighted by atomic mass is 10.0. The van der Waals surface area contributed by atoms with E-state index in [1.54, 1.807) is 14.2 Å². The molecule has 0 heterocycles. The highest BCUT2D eigenvalue weighted by molar-refractivity contribution is 5.42. The van der Waals surface area contributed by atoms with Crippen LogP contribution in [0.15, 0.2) is 30.9 Å². The second-order valence-electron chi connectivity index (χ2n) is 4.85. The number of hydrogen-bond acceptors (Lipinski definition) is 3. The van der Waals surface area contributed by atoms with Crippen molar-refractivity contribution in [1.29, 1.82) is 0 Å². The summed E-state index contributed by atoms with van der Waals surface area (Å²) in [7, 11) is 3.39. The first-order valence-electron chi connectivity index (χ1n) is 7.33. The molecule has 1 atom stereocenters. The number of benzene rings is 1. The van der Waals surface area contributed by atoms with Crippen molar-refractivity contribution in [1.82, 2.24) is 5.32 Å². The van der Waals surface area contributed by atoms with Crippen molar-refractivity contribution in [2.75, 3.05) is 20.8 Å². The van der Waals surface area contributed by atoms with Gasteiger partial charge in [-0.15, -0.1) is 6.58 Å². The highest BCUT2D eigenvalue weighted by Gasteiger charge is 2.15. The molecule has 0 aliphatic carbocycles. The van der Waals surface area contributed by atoms with Gasteiger partial charge >= 0.3 is 0 Å². The van der Waals surface area contributed by atoms with E-state index in [-0.39, 0.29) is 6.04 Å². The monoisotopic (exact) mass is 277 g/mol. The van der Waals surface area contributed by atoms with Crippen molar-refractivity contribution in [3.8, 4) is 11.5 Å². The average Bonchev–Trinajstić information content (AvgIpc) is 2.49. The zero-order valence-electron chi connectivity index (χ0n) is 12.9. The smallest absolute Gasteiger partial charge is 0.123 e. The lowest BCUT2D eigenvalue weighted by Gasteiger charge is -2.21. The Kier molecular flexibility index (Phi) is 7.81. The first-order chi connectivity index (χ1) is 9.76. The predicted molar refractivity (Wildman–Crippen MR) is 84.6 cm³/mol. The Morgan fingerprint density at radius 2 is 2.05 bits per heavy atom. The molecule has 3 heteroatoms. The zero-order valence-corrected chi connectivity index (χ0v) is 12.9. The van der Waals surface area contributed by atoms with E-state index in [9.17, 15) is 0 Å². The molecule has 0 amide bonds. The molecule has 20 heavy (non-hydrogen) atoms. The predicted octanol–water partition coefficient (Wildman–Crippen LogP) is 4.10. The van der Waals surface area contributed by atoms with Crippen molar-refractivity contribution < 1.29 is 9.47 Å². The van der Waals surface area contributed by atoms with E-state index in [1.807, 2.05) is 24.3 Å². The SMILES string of the molecule is C=CCC(NCCCCC)c1cc(OC)ccc1OC. The normalized spacial score (nSPS) is 11.9. The maximum Gasteiger partial charge on any atom is 0.123 e. The standard InChI is InChI=1S/C17H27NO2/c1-5-7-8-12-18-16(9-6-2)15-13-14(19-3)10-11-17(15)20-4/h6,10-11,13,16,18H,2,5,7-9,12H2,1,3-4H3. The Hall–Kier alpha value is -1.48. The molecule has 0 aromatic heterocycles. The van der Waals surface area contributed by atoms with E-state index in [2.05, 4.69) is 18.8 Å².